The number of nitrogens with two attached hydrogens (primary N) is 1. The van der Waals surface area contributed by atoms with Crippen molar-refractivity contribution in [2.24, 2.45) is 0 Å². The van der Waals surface area contributed by atoms with Crippen LogP contribution in [0.1, 0.15) is 77.9 Å². The Morgan fingerprint density at radius 2 is 1.91 bits per heavy atom. The number of unbranched alkanes of at least 4 members (excludes halogenated alkanes) is 7. The Hall–Kier alpha value is -3.60. The van der Waals surface area contributed by atoms with Crippen LogP contribution in [0.3, 0.4) is 0 Å². The topological polar surface area (TPSA) is 175 Å². The van der Waals surface area contributed by atoms with Crippen molar-refractivity contribution in [2.45, 2.75) is 95.6 Å². The number of carboxylic acids is 1. The number of rotatable bonds is 18. The molecule has 46 heavy (non-hydrogen) atoms. The number of para-hydroxylation sites is 1. The van der Waals surface area contributed by atoms with Crippen molar-refractivity contribution in [3.63, 3.8) is 0 Å². The number of fused-ring (bicyclic) bond motifs is 1. The molecule has 0 saturated carbocycles. The number of carbonyl (C=O) groups is 1. The van der Waals surface area contributed by atoms with E-state index in [2.05, 4.69) is 27.8 Å². The molecule has 4 N–H and O–H groups in total. The Morgan fingerprint density at radius 3 is 2.57 bits per heavy atom. The molecule has 2 aromatic heterocycles. The molecule has 3 aromatic rings. The first-order valence-corrected chi connectivity index (χ1v) is 17.0. The van der Waals surface area contributed by atoms with Crippen molar-refractivity contribution >= 4 is 30.7 Å². The lowest BCUT2D eigenvalue weighted by Crippen LogP contribution is -2.44. The van der Waals surface area contributed by atoms with Crippen LogP contribution in [-0.2, 0) is 18.6 Å². The molecule has 1 aliphatic heterocycles. The molecule has 3 heterocycles. The summed E-state index contributed by atoms with van der Waals surface area (Å²) in [4.78, 5) is 23.6. The summed E-state index contributed by atoms with van der Waals surface area (Å²) in [5, 5.41) is 21.1. The first-order chi connectivity index (χ1) is 22.0. The zero-order valence-electron chi connectivity index (χ0n) is 26.1. The van der Waals surface area contributed by atoms with E-state index in [4.69, 9.17) is 25.9 Å². The van der Waals surface area contributed by atoms with Gasteiger partial charge in [0.1, 0.15) is 30.7 Å². The Balaban J connectivity index is 1.56. The number of hydrogen-bond acceptors (Lipinski definition) is 10. The van der Waals surface area contributed by atoms with Crippen LogP contribution in [0.4, 0.5) is 10.2 Å². The van der Waals surface area contributed by atoms with E-state index in [-0.39, 0.29) is 35.7 Å². The summed E-state index contributed by atoms with van der Waals surface area (Å²) < 4.78 is 49.2. The molecule has 13 nitrogen and oxygen atoms in total. The van der Waals surface area contributed by atoms with Crippen molar-refractivity contribution in [2.75, 3.05) is 18.9 Å². The number of halogens is 1. The Bertz CT molecular complexity index is 1550. The van der Waals surface area contributed by atoms with Gasteiger partial charge in [0.05, 0.1) is 6.33 Å². The summed E-state index contributed by atoms with van der Waals surface area (Å²) in [6.07, 6.45) is 11.7. The molecule has 0 spiro atoms. The lowest BCUT2D eigenvalue weighted by atomic mass is 9.99. The summed E-state index contributed by atoms with van der Waals surface area (Å²) >= 11 is 0. The quantitative estimate of drug-likeness (QED) is 0.0694. The van der Waals surface area contributed by atoms with E-state index in [1.807, 2.05) is 0 Å². The molecule has 1 aliphatic rings. The lowest BCUT2D eigenvalue weighted by molar-refractivity contribution is -0.141. The van der Waals surface area contributed by atoms with Crippen molar-refractivity contribution in [1.82, 2.24) is 24.2 Å². The number of aliphatic hydroxyl groups excluding tert-OH is 1. The third-order valence-electron chi connectivity index (χ3n) is 8.05. The normalized spacial score (nSPS) is 21.7. The average molecular weight is 661 g/mol. The van der Waals surface area contributed by atoms with Gasteiger partial charge in [0.15, 0.2) is 22.6 Å². The van der Waals surface area contributed by atoms with E-state index in [0.29, 0.717) is 6.42 Å². The van der Waals surface area contributed by atoms with Gasteiger partial charge in [-0.25, -0.2) is 9.55 Å². The van der Waals surface area contributed by atoms with Gasteiger partial charge in [-0.2, -0.15) is 19.0 Å². The van der Waals surface area contributed by atoms with Crippen LogP contribution in [-0.4, -0.2) is 71.3 Å². The van der Waals surface area contributed by atoms with E-state index < -0.39 is 50.4 Å². The smallest absolute Gasteiger partial charge is 0.462 e. The molecule has 1 saturated heterocycles. The van der Waals surface area contributed by atoms with E-state index in [9.17, 15) is 24.0 Å². The summed E-state index contributed by atoms with van der Waals surface area (Å²) in [7, 11) is -4.44. The molecule has 0 bridgehead atoms. The fraction of sp³-hybridized carbons (Fsp3) is 0.548. The minimum Gasteiger partial charge on any atom is -0.480 e. The van der Waals surface area contributed by atoms with Crippen LogP contribution in [0.25, 0.3) is 11.2 Å². The standard InChI is InChI=1S/C31H42FN6O7P/c1-4-6-7-8-9-10-11-15-18-38(22(3)29(40)41)46(42,45-23-16-13-12-14-17-23)43-20-31(5-2)24(39)19-25(44-31)37-21-34-26-27(33)35-30(32)36-28(26)37/h2,12-14,16-17,21-22,24-25,39H,4,6-11,15,18-20H2,1,3H3,(H,40,41)(H2,33,35,36)/t22-,24-,25+,31+,46?/m0/s1. The number of imidazole rings is 1. The van der Waals surface area contributed by atoms with Crippen LogP contribution >= 0.6 is 7.75 Å². The van der Waals surface area contributed by atoms with Gasteiger partial charge in [0, 0.05) is 13.0 Å². The molecule has 0 aliphatic carbocycles. The highest BCUT2D eigenvalue weighted by molar-refractivity contribution is 7.51. The van der Waals surface area contributed by atoms with Crippen molar-refractivity contribution < 1.29 is 37.7 Å². The van der Waals surface area contributed by atoms with Gasteiger partial charge in [-0.1, -0.05) is 76.0 Å². The van der Waals surface area contributed by atoms with Gasteiger partial charge in [0.25, 0.3) is 0 Å². The second-order valence-electron chi connectivity index (χ2n) is 11.4. The Morgan fingerprint density at radius 1 is 1.24 bits per heavy atom. The molecule has 4 rings (SSSR count). The van der Waals surface area contributed by atoms with Crippen LogP contribution in [0, 0.1) is 18.4 Å². The number of aliphatic carboxylic acids is 1. The molecule has 5 atom stereocenters. The predicted molar refractivity (Wildman–Crippen MR) is 169 cm³/mol. The first-order valence-electron chi connectivity index (χ1n) is 15.5. The molecule has 1 fully saturated rings. The monoisotopic (exact) mass is 660 g/mol. The van der Waals surface area contributed by atoms with E-state index in [0.717, 1.165) is 32.1 Å². The van der Waals surface area contributed by atoms with Crippen LogP contribution in [0.2, 0.25) is 0 Å². The molecule has 1 aromatic carbocycles. The third-order valence-corrected chi connectivity index (χ3v) is 10.1. The van der Waals surface area contributed by atoms with E-state index in [1.165, 1.54) is 35.3 Å². The highest BCUT2D eigenvalue weighted by Gasteiger charge is 2.51. The minimum atomic E-state index is -4.44. The lowest BCUT2D eigenvalue weighted by Gasteiger charge is -2.35. The molecular weight excluding hydrogens is 618 g/mol. The third kappa shape index (κ3) is 8.21. The Labute approximate surface area is 267 Å². The zero-order chi connectivity index (χ0) is 33.3. The maximum Gasteiger partial charge on any atom is 0.462 e. The fourth-order valence-corrected chi connectivity index (χ4v) is 7.31. The highest BCUT2D eigenvalue weighted by Crippen LogP contribution is 2.55. The molecule has 15 heteroatoms. The van der Waals surface area contributed by atoms with Crippen LogP contribution < -0.4 is 10.3 Å². The highest BCUT2D eigenvalue weighted by atomic mass is 31.2. The maximum absolute atomic E-state index is 14.7. The first kappa shape index (κ1) is 35.3. The van der Waals surface area contributed by atoms with Gasteiger partial charge in [-0.05, 0) is 25.5 Å². The van der Waals surface area contributed by atoms with E-state index in [1.54, 1.807) is 30.3 Å². The van der Waals surface area contributed by atoms with Gasteiger partial charge >= 0.3 is 19.8 Å². The Kier molecular flexibility index (Phi) is 12.1. The number of anilines is 1. The second-order valence-corrected chi connectivity index (χ2v) is 13.2. The van der Waals surface area contributed by atoms with Gasteiger partial charge in [-0.3, -0.25) is 13.9 Å². The molecule has 1 unspecified atom stereocenters. The largest absolute Gasteiger partial charge is 0.480 e. The van der Waals surface area contributed by atoms with Gasteiger partial charge in [0.2, 0.25) is 0 Å². The van der Waals surface area contributed by atoms with Gasteiger partial charge < -0.3 is 25.2 Å². The molecular formula is C31H42FN6O7P. The van der Waals surface area contributed by atoms with Crippen LogP contribution in [0.5, 0.6) is 5.75 Å². The number of terminal acetylenes is 1. The molecule has 250 valence electrons. The number of carboxylic acid groups (broad SMARTS) is 1. The number of aliphatic hydroxyl groups is 1. The molecule has 0 radical (unpaired) electrons. The molecule has 0 amide bonds. The fourth-order valence-electron chi connectivity index (χ4n) is 5.35. The average Bonchev–Trinajstić information content (AvgIpc) is 3.60. The number of ether oxygens (including phenoxy) is 1. The maximum atomic E-state index is 14.7. The predicted octanol–water partition coefficient (Wildman–Crippen LogP) is 5.32. The summed E-state index contributed by atoms with van der Waals surface area (Å²) in [5.41, 5.74) is 4.10. The zero-order valence-corrected chi connectivity index (χ0v) is 27.0. The van der Waals surface area contributed by atoms with Crippen molar-refractivity contribution in [1.29, 1.82) is 0 Å². The number of aromatic nitrogens is 4. The summed E-state index contributed by atoms with van der Waals surface area (Å²) in [6, 6.07) is 6.99. The minimum absolute atomic E-state index is 0.0286. The van der Waals surface area contributed by atoms with Crippen molar-refractivity contribution in [3.05, 3.63) is 42.7 Å². The summed E-state index contributed by atoms with van der Waals surface area (Å²) in [5.74, 6) is 1.22. The number of nitrogen functional groups attached to an aromatic ring is 1. The SMILES string of the molecule is C#C[C@]1(COP(=O)(Oc2ccccc2)N(CCCCCCCCCC)[C@@H](C)C(=O)O)O[C@@H](n2cnc3c(N)nc(F)nc32)C[C@@H]1O. The van der Waals surface area contributed by atoms with Crippen LogP contribution in [0.15, 0.2) is 36.7 Å². The van der Waals surface area contributed by atoms with Crippen molar-refractivity contribution in [3.8, 4) is 18.1 Å². The summed E-state index contributed by atoms with van der Waals surface area (Å²) in [6.45, 7) is 3.05. The number of nitrogens with zero attached hydrogens (tertiary/aromatic N) is 5. The number of hydrogen-bond donors (Lipinski definition) is 3. The van der Waals surface area contributed by atoms with E-state index >= 15 is 0 Å². The van der Waals surface area contributed by atoms with Gasteiger partial charge in [-0.15, -0.1) is 6.42 Å². The number of benzene rings is 1. The second kappa shape index (κ2) is 15.8.